The molecule has 134 heavy (non-hydrogen) atoms. The number of carbonyl (C=O) groups excluding carboxylic acids is 6. The molecule has 10 aliphatic rings. The van der Waals surface area contributed by atoms with Crippen LogP contribution in [-0.4, -0.2) is 551 Å². The molecule has 6 amide bonds. The van der Waals surface area contributed by atoms with Gasteiger partial charge in [0.1, 0.15) is 232 Å². The van der Waals surface area contributed by atoms with E-state index in [1.54, 1.807) is 0 Å². The highest BCUT2D eigenvalue weighted by Gasteiger charge is 2.63. The van der Waals surface area contributed by atoms with E-state index in [0.29, 0.717) is 0 Å². The lowest BCUT2D eigenvalue weighted by Crippen LogP contribution is -2.71. The van der Waals surface area contributed by atoms with Crippen LogP contribution in [-0.2, 0) is 124 Å². The molecule has 10 fully saturated rings. The first-order valence-electron chi connectivity index (χ1n) is 42.6. The Morgan fingerprint density at radius 1 is 0.321 bits per heavy atom. The summed E-state index contributed by atoms with van der Waals surface area (Å²) in [4.78, 5) is 89.9. The normalized spacial score (nSPS) is 46.7. The van der Waals surface area contributed by atoms with E-state index in [4.69, 9.17) is 90.0 Å². The largest absolute Gasteiger partial charge is 0.477 e. The van der Waals surface area contributed by atoms with E-state index in [9.17, 15) is 171 Å². The first-order chi connectivity index (χ1) is 63.1. The zero-order chi connectivity index (χ0) is 99.2. The number of rotatable bonds is 36. The molecule has 0 bridgehead atoms. The van der Waals surface area contributed by atoms with Crippen molar-refractivity contribution in [3.8, 4) is 0 Å². The van der Waals surface area contributed by atoms with Gasteiger partial charge < -0.3 is 260 Å². The molecule has 0 aromatic heterocycles. The third-order valence-corrected chi connectivity index (χ3v) is 24.2. The van der Waals surface area contributed by atoms with E-state index < -0.39 is 420 Å². The van der Waals surface area contributed by atoms with Gasteiger partial charge in [0.05, 0.1) is 77.7 Å². The van der Waals surface area contributed by atoms with E-state index in [1.807, 2.05) is 0 Å². The predicted octanol–water partition coefficient (Wildman–Crippen LogP) is -21.7. The number of hydrogen-bond donors (Lipinski definition) is 33. The summed E-state index contributed by atoms with van der Waals surface area (Å²) in [5.74, 6) is -10.8. The molecular weight excluding hydrogens is 1830 g/mol. The van der Waals surface area contributed by atoms with Gasteiger partial charge in [-0.15, -0.1) is 0 Å². The Bertz CT molecular complexity index is 3800. The summed E-state index contributed by atoms with van der Waals surface area (Å²) in [6.07, 6.45) is -95.1. The fourth-order valence-electron chi connectivity index (χ4n) is 17.2. The molecule has 10 saturated heterocycles. The van der Waals surface area contributed by atoms with Crippen LogP contribution in [0.4, 0.5) is 0 Å². The van der Waals surface area contributed by atoms with Crippen molar-refractivity contribution < 1.29 is 261 Å². The summed E-state index contributed by atoms with van der Waals surface area (Å²) in [5.41, 5.74) is 0. The maximum absolute atomic E-state index is 13.4. The van der Waals surface area contributed by atoms with Gasteiger partial charge >= 0.3 is 5.97 Å². The molecule has 10 aliphatic heterocycles. The lowest BCUT2D eigenvalue weighted by atomic mass is 9.88. The fourth-order valence-corrected chi connectivity index (χ4v) is 17.2. The number of carboxylic acid groups (broad SMARTS) is 1. The summed E-state index contributed by atoms with van der Waals surface area (Å²) < 4.78 is 114. The van der Waals surface area contributed by atoms with Crippen molar-refractivity contribution in [2.75, 3.05) is 59.5 Å². The monoisotopic (exact) mass is 1960 g/mol. The molecular formula is C75H124N6O53. The minimum Gasteiger partial charge on any atom is -0.477 e. The fraction of sp³-hybridized carbons (Fsp3) is 0.907. The molecule has 0 unspecified atom stereocenters. The zero-order valence-corrected chi connectivity index (χ0v) is 72.6. The topological polar surface area (TPSA) is 913 Å². The number of carbonyl (C=O) groups is 7. The number of carboxylic acids is 1. The van der Waals surface area contributed by atoms with Crippen molar-refractivity contribution in [1.29, 1.82) is 0 Å². The average Bonchev–Trinajstić information content (AvgIpc) is 0.763. The number of aliphatic hydroxyl groups is 26. The van der Waals surface area contributed by atoms with Crippen LogP contribution in [0.5, 0.6) is 0 Å². The van der Waals surface area contributed by atoms with E-state index in [1.165, 1.54) is 6.92 Å². The summed E-state index contributed by atoms with van der Waals surface area (Å²) in [5, 5.41) is 318. The highest BCUT2D eigenvalue weighted by molar-refractivity contribution is 5.77. The minimum absolute atomic E-state index is 0.855. The van der Waals surface area contributed by atoms with Gasteiger partial charge in [-0.25, -0.2) is 4.79 Å². The Morgan fingerprint density at radius 2 is 0.664 bits per heavy atom. The lowest BCUT2D eigenvalue weighted by Gasteiger charge is -2.51. The van der Waals surface area contributed by atoms with Gasteiger partial charge in [-0.3, -0.25) is 28.8 Å². The number of aliphatic carboxylic acids is 1. The van der Waals surface area contributed by atoms with Gasteiger partial charge in [-0.1, -0.05) is 0 Å². The van der Waals surface area contributed by atoms with Crippen LogP contribution in [0.15, 0.2) is 0 Å². The highest BCUT2D eigenvalue weighted by atomic mass is 16.8. The van der Waals surface area contributed by atoms with Gasteiger partial charge in [-0.2, -0.15) is 0 Å². The molecule has 772 valence electrons. The Labute approximate surface area is 759 Å². The van der Waals surface area contributed by atoms with Crippen molar-refractivity contribution in [1.82, 2.24) is 31.9 Å². The molecule has 0 aliphatic carbocycles. The third-order valence-electron chi connectivity index (χ3n) is 24.2. The minimum atomic E-state index is -3.12. The molecule has 0 saturated carbocycles. The van der Waals surface area contributed by atoms with Crippen LogP contribution in [0.3, 0.4) is 0 Å². The van der Waals surface area contributed by atoms with Crippen LogP contribution in [0.25, 0.3) is 0 Å². The van der Waals surface area contributed by atoms with Gasteiger partial charge in [0, 0.05) is 48.0 Å². The summed E-state index contributed by atoms with van der Waals surface area (Å²) >= 11 is 0. The van der Waals surface area contributed by atoms with Crippen molar-refractivity contribution >= 4 is 41.4 Å². The van der Waals surface area contributed by atoms with Crippen LogP contribution >= 0.6 is 0 Å². The van der Waals surface area contributed by atoms with E-state index >= 15 is 0 Å². The van der Waals surface area contributed by atoms with E-state index in [-0.39, 0.29) is 0 Å². The van der Waals surface area contributed by atoms with Crippen LogP contribution in [0.2, 0.25) is 0 Å². The van der Waals surface area contributed by atoms with Crippen LogP contribution in [0.1, 0.15) is 54.9 Å². The Kier molecular flexibility index (Phi) is 39.4. The number of amides is 6. The van der Waals surface area contributed by atoms with E-state index in [0.717, 1.165) is 41.5 Å². The molecule has 0 spiro atoms. The van der Waals surface area contributed by atoms with Crippen molar-refractivity contribution in [3.63, 3.8) is 0 Å². The summed E-state index contributed by atoms with van der Waals surface area (Å²) in [6.45, 7) is -3.60. The second kappa shape index (κ2) is 47.8. The highest BCUT2D eigenvalue weighted by Crippen LogP contribution is 2.42. The second-order valence-electron chi connectivity index (χ2n) is 33.9. The second-order valence-corrected chi connectivity index (χ2v) is 33.9. The molecule has 0 aromatic carbocycles. The number of ether oxygens (including phenoxy) is 19. The lowest BCUT2D eigenvalue weighted by molar-refractivity contribution is -0.398. The number of nitrogens with one attached hydrogen (secondary N) is 6. The number of hydrogen-bond acceptors (Lipinski definition) is 52. The van der Waals surface area contributed by atoms with E-state index in [2.05, 4.69) is 31.9 Å². The molecule has 0 aromatic rings. The van der Waals surface area contributed by atoms with Crippen molar-refractivity contribution in [3.05, 3.63) is 0 Å². The molecule has 10 heterocycles. The van der Waals surface area contributed by atoms with Crippen molar-refractivity contribution in [2.24, 2.45) is 0 Å². The van der Waals surface area contributed by atoms with Gasteiger partial charge in [0.15, 0.2) is 56.6 Å². The smallest absolute Gasteiger partial charge is 0.364 e. The molecule has 59 nitrogen and oxygen atoms in total. The van der Waals surface area contributed by atoms with Gasteiger partial charge in [0.25, 0.3) is 5.79 Å². The van der Waals surface area contributed by atoms with Crippen molar-refractivity contribution in [2.45, 2.75) is 367 Å². The Balaban J connectivity index is 0.974. The third kappa shape index (κ3) is 25.0. The standard InChI is InChI=1S/C75H124N6O53/c1-18-41(96)53(108)56(111)70(119-18)116-16-34-60(50(105)36(65(113)120-34)77-20(3)89)129-68-39(80-23(6)92)52(107)59(31(14-87)124-68)130-71-57(112)62(47(102)32(127-71)15-117-72-63(54(109)44(99)28(11-84)122-72)132-66-37(78-21(4)90)48(103)43(98)27(10-83)121-66)131-73-64(55(110)45(100)29(12-85)123-73)133-69-40(81-24(7)93)51(106)58(30(13-86)125-69)128-67-38(79-22(5)91)49(104)46(101)33(126-67)17-118-75(74(114)115)8-25(94)35(76-19(2)88)61(134-75)42(97)26(95)9-82/h18,25-73,82-87,94-113H,8-17H2,1-7H3,(H,76,88)(H,77,89)(H,78,90)(H,79,91)(H,80,92)(H,81,93)(H,114,115)/t18-,25-,26+,27+,28+,29+,30+,31+,32+,33+,34+,35+,36+,37+,38+,39+,40+,41+,42+,43+,44+,45+,46-,47+,48+,49+,50+,51+,52+,53+,54-,55-,56-,57-,58+,59+,60+,61+,62-,63-,64-,65+,66-,67-,68-,69-,70+,71-,72-,73+,75+/m0/s1. The zero-order valence-electron chi connectivity index (χ0n) is 72.6. The van der Waals surface area contributed by atoms with Crippen LogP contribution < -0.4 is 31.9 Å². The Morgan fingerprint density at radius 3 is 1.12 bits per heavy atom. The molecule has 33 N–H and O–H groups in total. The molecule has 59 heteroatoms. The first-order valence-corrected chi connectivity index (χ1v) is 42.6. The maximum atomic E-state index is 13.4. The average molecular weight is 1960 g/mol. The Hall–Kier alpha value is -5.51. The quantitative estimate of drug-likeness (QED) is 0.0277. The summed E-state index contributed by atoms with van der Waals surface area (Å²) in [6, 6.07) is -11.4. The maximum Gasteiger partial charge on any atom is 0.364 e. The summed E-state index contributed by atoms with van der Waals surface area (Å²) in [7, 11) is 0. The SMILES string of the molecule is CC(=O)N[C@@H]1[C@@H](O)[C@H](O[C@@H]2O[C@H](CO)[C@@H](O[C@@H]3O[C@H](CO[C@H]4O[C@H](CO)[C@@H](O)[C@H](O)[C@@H]4O[C@@H]4O[C@H](CO)[C@@H](O)[C@H](O)[C@H]4NC(C)=O)[C@@H](O)[C@H](O[C@H]4O[C@H](CO)[C@@H](O)[C@H](O)[C@@H]4O[C@@H]4O[C@H](CO)[C@@H](O[C@@H]5O[C@H](CO[C@]6(C(=O)O)C[C@H](O)[C@@H](NC(C)=O)[C@H]([C@H](O)[C@H](O)CO)O6)[C@H](O)[C@H](O)[C@H]5NC(C)=O)[C@H](O)[C@H]4NC(C)=O)[C@@H]3O)[C@H](O)[C@H]2NC(C)=O)[C@@H](CO[C@@H]2O[C@@H](C)[C@@H](O)[C@@H](O)[C@@H]2O)O[C@H]1O. The number of aliphatic hydroxyl groups excluding tert-OH is 26. The predicted molar refractivity (Wildman–Crippen MR) is 415 cm³/mol. The van der Waals surface area contributed by atoms with Crippen LogP contribution in [0, 0.1) is 0 Å². The molecule has 0 radical (unpaired) electrons. The van der Waals surface area contributed by atoms with Gasteiger partial charge in [-0.05, 0) is 6.92 Å². The molecule has 10 rings (SSSR count). The molecule has 51 atom stereocenters. The van der Waals surface area contributed by atoms with Gasteiger partial charge in [0.2, 0.25) is 35.4 Å². The first kappa shape index (κ1) is 110.